The van der Waals surface area contributed by atoms with E-state index >= 15 is 0 Å². The van der Waals surface area contributed by atoms with E-state index in [1.165, 1.54) is 0 Å². The summed E-state index contributed by atoms with van der Waals surface area (Å²) in [6.45, 7) is 2.59. The Balaban J connectivity index is 2.32. The summed E-state index contributed by atoms with van der Waals surface area (Å²) in [4.78, 5) is 2.19. The quantitative estimate of drug-likeness (QED) is 0.738. The molecule has 1 atom stereocenters. The fraction of sp³-hybridized carbons (Fsp3) is 0.571. The first-order valence-electron chi connectivity index (χ1n) is 6.25. The average Bonchev–Trinajstić information content (AvgIpc) is 2.37. The van der Waals surface area contributed by atoms with Crippen LogP contribution in [0.15, 0.2) is 24.3 Å². The van der Waals surface area contributed by atoms with Crippen molar-refractivity contribution in [1.82, 2.24) is 4.90 Å². The van der Waals surface area contributed by atoms with Crippen LogP contribution in [0.4, 0.5) is 0 Å². The van der Waals surface area contributed by atoms with Crippen LogP contribution in [0, 0.1) is 0 Å². The molecular weight excluding hydrogens is 250 g/mol. The summed E-state index contributed by atoms with van der Waals surface area (Å²) in [5, 5.41) is 10.7. The van der Waals surface area contributed by atoms with Crippen molar-refractivity contribution in [2.75, 3.05) is 33.9 Å². The third kappa shape index (κ3) is 5.36. The van der Waals surface area contributed by atoms with E-state index in [1.807, 2.05) is 24.3 Å². The van der Waals surface area contributed by atoms with Crippen molar-refractivity contribution in [2.24, 2.45) is 0 Å². The second kappa shape index (κ2) is 8.48. The molecule has 1 rings (SSSR count). The summed E-state index contributed by atoms with van der Waals surface area (Å²) < 4.78 is 5.01. The van der Waals surface area contributed by atoms with E-state index in [1.54, 1.807) is 7.11 Å². The Morgan fingerprint density at radius 3 is 2.72 bits per heavy atom. The van der Waals surface area contributed by atoms with E-state index in [-0.39, 0.29) is 0 Å². The maximum atomic E-state index is 10.1. The molecule has 0 amide bonds. The molecule has 102 valence electrons. The zero-order valence-corrected chi connectivity index (χ0v) is 11.9. The summed E-state index contributed by atoms with van der Waals surface area (Å²) in [7, 11) is 3.76. The molecule has 0 aliphatic heterocycles. The minimum atomic E-state index is -0.497. The molecule has 1 unspecified atom stereocenters. The van der Waals surface area contributed by atoms with E-state index in [0.717, 1.165) is 31.7 Å². The lowest BCUT2D eigenvalue weighted by molar-refractivity contribution is 0.142. The lowest BCUT2D eigenvalue weighted by Crippen LogP contribution is -2.23. The zero-order chi connectivity index (χ0) is 13.4. The number of methoxy groups -OCH3 is 1. The van der Waals surface area contributed by atoms with Crippen molar-refractivity contribution in [2.45, 2.75) is 18.9 Å². The third-order valence-electron chi connectivity index (χ3n) is 2.94. The van der Waals surface area contributed by atoms with Crippen molar-refractivity contribution < 1.29 is 9.84 Å². The predicted molar refractivity (Wildman–Crippen MR) is 75.0 cm³/mol. The lowest BCUT2D eigenvalue weighted by atomic mass is 10.1. The first kappa shape index (κ1) is 15.4. The van der Waals surface area contributed by atoms with E-state index in [4.69, 9.17) is 16.3 Å². The Morgan fingerprint density at radius 2 is 2.06 bits per heavy atom. The van der Waals surface area contributed by atoms with Crippen LogP contribution in [0.1, 0.15) is 24.5 Å². The zero-order valence-electron chi connectivity index (χ0n) is 11.1. The summed E-state index contributed by atoms with van der Waals surface area (Å²) >= 11 is 6.05. The highest BCUT2D eigenvalue weighted by molar-refractivity contribution is 6.31. The molecule has 0 saturated heterocycles. The van der Waals surface area contributed by atoms with Gasteiger partial charge >= 0.3 is 0 Å². The summed E-state index contributed by atoms with van der Waals surface area (Å²) in [5.41, 5.74) is 0.810. The Kier molecular flexibility index (Phi) is 7.28. The number of aliphatic hydroxyl groups excluding tert-OH is 1. The third-order valence-corrected chi connectivity index (χ3v) is 3.28. The van der Waals surface area contributed by atoms with Gasteiger partial charge < -0.3 is 14.7 Å². The molecule has 0 heterocycles. The van der Waals surface area contributed by atoms with E-state index in [9.17, 15) is 5.11 Å². The second-order valence-corrected chi connectivity index (χ2v) is 4.88. The molecular formula is C14H22ClNO2. The molecule has 0 aliphatic rings. The van der Waals surface area contributed by atoms with Gasteiger partial charge in [-0.05, 0) is 31.5 Å². The van der Waals surface area contributed by atoms with Gasteiger partial charge in [0.1, 0.15) is 0 Å². The molecule has 1 aromatic rings. The number of nitrogens with zero attached hydrogens (tertiary/aromatic N) is 1. The number of hydrogen-bond acceptors (Lipinski definition) is 3. The van der Waals surface area contributed by atoms with Gasteiger partial charge in [0.2, 0.25) is 0 Å². The molecule has 0 fully saturated rings. The van der Waals surface area contributed by atoms with Gasteiger partial charge in [-0.3, -0.25) is 0 Å². The largest absolute Gasteiger partial charge is 0.388 e. The van der Waals surface area contributed by atoms with Gasteiger partial charge in [0.05, 0.1) is 6.10 Å². The van der Waals surface area contributed by atoms with Gasteiger partial charge in [0.15, 0.2) is 0 Å². The number of ether oxygens (including phenoxy) is 1. The fourth-order valence-corrected chi connectivity index (χ4v) is 2.10. The first-order valence-corrected chi connectivity index (χ1v) is 6.63. The minimum Gasteiger partial charge on any atom is -0.388 e. The molecule has 1 aromatic carbocycles. The lowest BCUT2D eigenvalue weighted by Gasteiger charge is -2.19. The fourth-order valence-electron chi connectivity index (χ4n) is 1.83. The van der Waals surface area contributed by atoms with Gasteiger partial charge in [-0.15, -0.1) is 0 Å². The molecule has 0 aliphatic carbocycles. The Morgan fingerprint density at radius 1 is 1.33 bits per heavy atom. The highest BCUT2D eigenvalue weighted by Crippen LogP contribution is 2.24. The maximum Gasteiger partial charge on any atom is 0.0816 e. The summed E-state index contributed by atoms with van der Waals surface area (Å²) in [6, 6.07) is 7.45. The SMILES string of the molecule is COCCCN(C)CCC(O)c1ccccc1Cl. The van der Waals surface area contributed by atoms with E-state index in [0.29, 0.717) is 11.4 Å². The van der Waals surface area contributed by atoms with Crippen molar-refractivity contribution in [3.05, 3.63) is 34.9 Å². The topological polar surface area (TPSA) is 32.7 Å². The number of rotatable bonds is 8. The molecule has 0 spiro atoms. The van der Waals surface area contributed by atoms with Crippen LogP contribution in [-0.2, 0) is 4.74 Å². The van der Waals surface area contributed by atoms with Gasteiger partial charge in [-0.25, -0.2) is 0 Å². The highest BCUT2D eigenvalue weighted by Gasteiger charge is 2.11. The monoisotopic (exact) mass is 271 g/mol. The Bertz CT molecular complexity index is 346. The van der Waals surface area contributed by atoms with Crippen molar-refractivity contribution in [3.8, 4) is 0 Å². The minimum absolute atomic E-state index is 0.497. The predicted octanol–water partition coefficient (Wildman–Crippen LogP) is 2.73. The van der Waals surface area contributed by atoms with Crippen LogP contribution >= 0.6 is 11.6 Å². The van der Waals surface area contributed by atoms with Crippen LogP contribution in [-0.4, -0.2) is 43.9 Å². The van der Waals surface area contributed by atoms with Gasteiger partial charge in [-0.2, -0.15) is 0 Å². The van der Waals surface area contributed by atoms with Crippen molar-refractivity contribution in [1.29, 1.82) is 0 Å². The summed E-state index contributed by atoms with van der Waals surface area (Å²) in [5.74, 6) is 0. The average molecular weight is 272 g/mol. The van der Waals surface area contributed by atoms with Crippen LogP contribution in [0.3, 0.4) is 0 Å². The van der Waals surface area contributed by atoms with Crippen LogP contribution in [0.5, 0.6) is 0 Å². The normalized spacial score (nSPS) is 12.9. The molecule has 0 radical (unpaired) electrons. The smallest absolute Gasteiger partial charge is 0.0816 e. The molecule has 0 saturated carbocycles. The first-order chi connectivity index (χ1) is 8.65. The number of benzene rings is 1. The standard InChI is InChI=1S/C14H22ClNO2/c1-16(9-5-11-18-2)10-8-14(17)12-6-3-4-7-13(12)15/h3-4,6-7,14,17H,5,8-11H2,1-2H3. The number of aliphatic hydroxyl groups is 1. The van der Waals surface area contributed by atoms with Gasteiger partial charge in [-0.1, -0.05) is 29.8 Å². The van der Waals surface area contributed by atoms with Crippen molar-refractivity contribution in [3.63, 3.8) is 0 Å². The van der Waals surface area contributed by atoms with Gasteiger partial charge in [0.25, 0.3) is 0 Å². The molecule has 4 heteroatoms. The van der Waals surface area contributed by atoms with E-state index in [2.05, 4.69) is 11.9 Å². The molecule has 0 bridgehead atoms. The molecule has 18 heavy (non-hydrogen) atoms. The van der Waals surface area contributed by atoms with Crippen LogP contribution < -0.4 is 0 Å². The highest BCUT2D eigenvalue weighted by atomic mass is 35.5. The van der Waals surface area contributed by atoms with E-state index < -0.39 is 6.10 Å². The molecule has 3 nitrogen and oxygen atoms in total. The Hall–Kier alpha value is -0.610. The number of halogens is 1. The molecule has 0 aromatic heterocycles. The number of hydrogen-bond donors (Lipinski definition) is 1. The molecule has 1 N–H and O–H groups in total. The Labute approximate surface area is 114 Å². The van der Waals surface area contributed by atoms with Crippen LogP contribution in [0.25, 0.3) is 0 Å². The van der Waals surface area contributed by atoms with Crippen LogP contribution in [0.2, 0.25) is 5.02 Å². The van der Waals surface area contributed by atoms with Crippen molar-refractivity contribution >= 4 is 11.6 Å². The second-order valence-electron chi connectivity index (χ2n) is 4.48. The summed E-state index contributed by atoms with van der Waals surface area (Å²) in [6.07, 6.45) is 1.20. The van der Waals surface area contributed by atoms with Gasteiger partial charge in [0, 0.05) is 31.8 Å². The maximum absolute atomic E-state index is 10.1.